The zero-order valence-corrected chi connectivity index (χ0v) is 25.2. The molecule has 0 N–H and O–H groups in total. The van der Waals surface area contributed by atoms with Crippen molar-refractivity contribution in [2.45, 2.75) is 77.7 Å². The lowest BCUT2D eigenvalue weighted by Gasteiger charge is -2.40. The van der Waals surface area contributed by atoms with E-state index in [2.05, 4.69) is 21.9 Å². The van der Waals surface area contributed by atoms with Gasteiger partial charge in [0.05, 0.1) is 23.4 Å². The molecule has 2 amide bonds. The van der Waals surface area contributed by atoms with Gasteiger partial charge in [0, 0.05) is 32.2 Å². The van der Waals surface area contributed by atoms with E-state index in [1.807, 2.05) is 6.07 Å². The molecule has 226 valence electrons. The highest BCUT2D eigenvalue weighted by molar-refractivity contribution is 5.88. The van der Waals surface area contributed by atoms with E-state index in [0.29, 0.717) is 5.52 Å². The molecular weight excluding hydrogens is 560 g/mol. The standard InChI is InChI=1S/C30H33F2N7O4/c1-29(2,3)42-27(40)36(7)26-20(13-33)22(35-39(26)18-14-37(15-18)28(41)43-30(4,5)6)11-10-19-21(31)12-23-25(24(19)32)34-16-38(23)17-8-9-17/h12,16-18H,8-9,14-15H2,1-7H3. The largest absolute Gasteiger partial charge is 0.444 e. The number of nitrogens with zero attached hydrogens (tertiary/aromatic N) is 7. The molecule has 1 aromatic carbocycles. The molecule has 1 saturated carbocycles. The maximum Gasteiger partial charge on any atom is 0.415 e. The Morgan fingerprint density at radius 2 is 1.67 bits per heavy atom. The Bertz CT molecular complexity index is 1720. The lowest BCUT2D eigenvalue weighted by molar-refractivity contribution is -0.000375. The van der Waals surface area contributed by atoms with Gasteiger partial charge in [-0.2, -0.15) is 10.4 Å². The van der Waals surface area contributed by atoms with Crippen molar-refractivity contribution in [2.75, 3.05) is 25.0 Å². The number of amides is 2. The van der Waals surface area contributed by atoms with Crippen LogP contribution in [0.15, 0.2) is 12.4 Å². The second kappa shape index (κ2) is 10.6. The number of fused-ring (bicyclic) bond motifs is 1. The van der Waals surface area contributed by atoms with Gasteiger partial charge in [-0.05, 0) is 60.3 Å². The number of benzene rings is 1. The van der Waals surface area contributed by atoms with Gasteiger partial charge in [-0.3, -0.25) is 4.90 Å². The lowest BCUT2D eigenvalue weighted by atomic mass is 10.1. The molecule has 0 radical (unpaired) electrons. The Morgan fingerprint density at radius 3 is 2.26 bits per heavy atom. The van der Waals surface area contributed by atoms with Crippen molar-refractivity contribution in [2.24, 2.45) is 0 Å². The van der Waals surface area contributed by atoms with E-state index in [4.69, 9.17) is 9.47 Å². The second-order valence-electron chi connectivity index (χ2n) is 12.7. The number of hydrogen-bond donors (Lipinski definition) is 0. The van der Waals surface area contributed by atoms with Gasteiger partial charge in [0.1, 0.15) is 34.2 Å². The molecule has 13 heteroatoms. The van der Waals surface area contributed by atoms with Gasteiger partial charge in [-0.1, -0.05) is 5.92 Å². The summed E-state index contributed by atoms with van der Waals surface area (Å²) in [5.74, 6) is 3.44. The fourth-order valence-electron chi connectivity index (χ4n) is 4.67. The first-order valence-corrected chi connectivity index (χ1v) is 13.9. The van der Waals surface area contributed by atoms with E-state index >= 15 is 8.78 Å². The Balaban J connectivity index is 1.53. The molecule has 0 unspecified atom stereocenters. The van der Waals surface area contributed by atoms with Crippen LogP contribution in [0.5, 0.6) is 0 Å². The summed E-state index contributed by atoms with van der Waals surface area (Å²) in [6.07, 6.45) is 2.08. The van der Waals surface area contributed by atoms with E-state index < -0.39 is 46.6 Å². The fourth-order valence-corrected chi connectivity index (χ4v) is 4.67. The van der Waals surface area contributed by atoms with Gasteiger partial charge in [-0.25, -0.2) is 28.0 Å². The van der Waals surface area contributed by atoms with E-state index in [-0.39, 0.29) is 41.7 Å². The number of halogens is 2. The Labute approximate surface area is 247 Å². The topological polar surface area (TPSA) is 119 Å². The Hall–Kier alpha value is -4.65. The molecule has 0 bridgehead atoms. The molecular formula is C30H33F2N7O4. The maximum absolute atomic E-state index is 15.4. The number of anilines is 1. The smallest absolute Gasteiger partial charge is 0.415 e. The molecule has 11 nitrogen and oxygen atoms in total. The molecule has 5 rings (SSSR count). The molecule has 0 atom stereocenters. The van der Waals surface area contributed by atoms with Crippen LogP contribution < -0.4 is 4.90 Å². The van der Waals surface area contributed by atoms with Crippen LogP contribution in [0.2, 0.25) is 0 Å². The first kappa shape index (κ1) is 29.8. The predicted octanol–water partition coefficient (Wildman–Crippen LogP) is 5.28. The number of nitriles is 1. The van der Waals surface area contributed by atoms with Crippen molar-refractivity contribution in [3.63, 3.8) is 0 Å². The number of rotatable bonds is 3. The number of imidazole rings is 1. The van der Waals surface area contributed by atoms with Crippen LogP contribution in [0.3, 0.4) is 0 Å². The predicted molar refractivity (Wildman–Crippen MR) is 152 cm³/mol. The molecule has 2 fully saturated rings. The third-order valence-electron chi connectivity index (χ3n) is 6.85. The van der Waals surface area contributed by atoms with Crippen LogP contribution in [0.25, 0.3) is 11.0 Å². The Kier molecular flexibility index (Phi) is 7.33. The highest BCUT2D eigenvalue weighted by Gasteiger charge is 2.39. The average molecular weight is 594 g/mol. The van der Waals surface area contributed by atoms with Crippen LogP contribution in [-0.2, 0) is 9.47 Å². The zero-order valence-electron chi connectivity index (χ0n) is 25.2. The molecule has 0 spiro atoms. The number of aromatic nitrogens is 4. The van der Waals surface area contributed by atoms with Crippen LogP contribution >= 0.6 is 0 Å². The average Bonchev–Trinajstić information content (AvgIpc) is 3.51. The Morgan fingerprint density at radius 1 is 1.02 bits per heavy atom. The van der Waals surface area contributed by atoms with E-state index in [9.17, 15) is 14.9 Å². The van der Waals surface area contributed by atoms with Gasteiger partial charge in [0.25, 0.3) is 0 Å². The number of carbonyl (C=O) groups excluding carboxylic acids is 2. The van der Waals surface area contributed by atoms with Crippen molar-refractivity contribution >= 4 is 29.0 Å². The van der Waals surface area contributed by atoms with E-state index in [1.165, 1.54) is 29.0 Å². The normalized spacial score (nSPS) is 15.4. The minimum absolute atomic E-state index is 0.00527. The summed E-state index contributed by atoms with van der Waals surface area (Å²) in [7, 11) is 1.42. The number of carbonyl (C=O) groups is 2. The minimum Gasteiger partial charge on any atom is -0.444 e. The first-order chi connectivity index (χ1) is 20.1. The van der Waals surface area contributed by atoms with E-state index in [1.54, 1.807) is 46.1 Å². The minimum atomic E-state index is -0.905. The third-order valence-corrected chi connectivity index (χ3v) is 6.85. The summed E-state index contributed by atoms with van der Waals surface area (Å²) in [5, 5.41) is 14.6. The number of hydrogen-bond acceptors (Lipinski definition) is 7. The summed E-state index contributed by atoms with van der Waals surface area (Å²) >= 11 is 0. The monoisotopic (exact) mass is 593 g/mol. The van der Waals surface area contributed by atoms with Gasteiger partial charge >= 0.3 is 12.2 Å². The number of likely N-dealkylation sites (tertiary alicyclic amines) is 1. The molecule has 2 aliphatic rings. The van der Waals surface area contributed by atoms with Gasteiger partial charge < -0.3 is 18.9 Å². The van der Waals surface area contributed by atoms with Crippen molar-refractivity contribution in [1.29, 1.82) is 5.26 Å². The summed E-state index contributed by atoms with van der Waals surface area (Å²) < 4.78 is 44.6. The van der Waals surface area contributed by atoms with E-state index in [0.717, 1.165) is 17.7 Å². The molecule has 43 heavy (non-hydrogen) atoms. The molecule has 3 aromatic rings. The van der Waals surface area contributed by atoms with Gasteiger partial charge in [0.2, 0.25) is 0 Å². The molecule has 3 heterocycles. The highest BCUT2D eigenvalue weighted by atomic mass is 19.1. The van der Waals surface area contributed by atoms with Crippen LogP contribution in [-0.4, -0.2) is 67.8 Å². The summed E-state index contributed by atoms with van der Waals surface area (Å²) in [4.78, 5) is 32.3. The van der Waals surface area contributed by atoms with Crippen LogP contribution in [0.4, 0.5) is 24.2 Å². The second-order valence-corrected chi connectivity index (χ2v) is 12.7. The van der Waals surface area contributed by atoms with Crippen LogP contribution in [0.1, 0.15) is 83.3 Å². The molecule has 1 saturated heterocycles. The van der Waals surface area contributed by atoms with Crippen molar-refractivity contribution < 1.29 is 27.8 Å². The third kappa shape index (κ3) is 5.98. The SMILES string of the molecule is CN(C(=O)OC(C)(C)C)c1c(C#N)c(C#Cc2c(F)cc3c(ncn3C3CC3)c2F)nn1C1CN(C(=O)OC(C)(C)C)C1. The summed E-state index contributed by atoms with van der Waals surface area (Å²) in [6, 6.07) is 2.98. The van der Waals surface area contributed by atoms with Gasteiger partial charge in [-0.15, -0.1) is 0 Å². The van der Waals surface area contributed by atoms with Crippen LogP contribution in [0, 0.1) is 34.8 Å². The summed E-state index contributed by atoms with van der Waals surface area (Å²) in [6.45, 7) is 10.8. The fraction of sp³-hybridized carbons (Fsp3) is 0.500. The highest BCUT2D eigenvalue weighted by Crippen LogP contribution is 2.38. The molecule has 1 aliphatic carbocycles. The zero-order chi connectivity index (χ0) is 31.4. The maximum atomic E-state index is 15.4. The number of ether oxygens (including phenoxy) is 2. The lowest BCUT2D eigenvalue weighted by Crippen LogP contribution is -2.53. The van der Waals surface area contributed by atoms with Gasteiger partial charge in [0.15, 0.2) is 17.3 Å². The molecule has 1 aliphatic heterocycles. The quantitative estimate of drug-likeness (QED) is 0.379. The van der Waals surface area contributed by atoms with Crippen molar-refractivity contribution in [3.05, 3.63) is 40.8 Å². The van der Waals surface area contributed by atoms with Crippen molar-refractivity contribution in [3.8, 4) is 17.9 Å². The molecule has 2 aromatic heterocycles. The summed E-state index contributed by atoms with van der Waals surface area (Å²) in [5.41, 5.74) is -1.83. The first-order valence-electron chi connectivity index (χ1n) is 13.9. The van der Waals surface area contributed by atoms with Crippen molar-refractivity contribution in [1.82, 2.24) is 24.2 Å².